The third-order valence-electron chi connectivity index (χ3n) is 7.45. The summed E-state index contributed by atoms with van der Waals surface area (Å²) in [5.74, 6) is -0.286. The summed E-state index contributed by atoms with van der Waals surface area (Å²) >= 11 is 6.39. The second-order valence-corrected chi connectivity index (χ2v) is 11.0. The van der Waals surface area contributed by atoms with E-state index in [1.807, 2.05) is 50.2 Å². The van der Waals surface area contributed by atoms with E-state index in [0.717, 1.165) is 48.7 Å². The number of aryl methyl sites for hydroxylation is 2. The molecule has 1 aliphatic heterocycles. The van der Waals surface area contributed by atoms with Crippen molar-refractivity contribution in [2.24, 2.45) is 0 Å². The van der Waals surface area contributed by atoms with Gasteiger partial charge in [-0.15, -0.1) is 0 Å². The van der Waals surface area contributed by atoms with Crippen LogP contribution in [0, 0.1) is 13.8 Å². The fourth-order valence-corrected chi connectivity index (χ4v) is 5.13. The second kappa shape index (κ2) is 13.6. The number of aromatic nitrogens is 2. The maximum absolute atomic E-state index is 13.6. The number of piperazine rings is 1. The molecule has 2 amide bonds. The lowest BCUT2D eigenvalue weighted by molar-refractivity contribution is -0.111. The van der Waals surface area contributed by atoms with Crippen LogP contribution in [0.5, 0.6) is 0 Å². The highest BCUT2D eigenvalue weighted by Crippen LogP contribution is 2.32. The first-order valence-corrected chi connectivity index (χ1v) is 14.6. The molecule has 0 spiro atoms. The van der Waals surface area contributed by atoms with E-state index in [2.05, 4.69) is 61.8 Å². The van der Waals surface area contributed by atoms with Crippen LogP contribution in [0.1, 0.15) is 21.5 Å². The molecule has 3 aromatic carbocycles. The van der Waals surface area contributed by atoms with E-state index in [1.165, 1.54) is 12.3 Å². The predicted molar refractivity (Wildman–Crippen MR) is 179 cm³/mol. The molecule has 0 unspecified atom stereocenters. The van der Waals surface area contributed by atoms with Gasteiger partial charge in [0.05, 0.1) is 22.1 Å². The number of benzene rings is 3. The zero-order valence-corrected chi connectivity index (χ0v) is 25.7. The maximum Gasteiger partial charge on any atom is 0.261 e. The van der Waals surface area contributed by atoms with Gasteiger partial charge in [0, 0.05) is 43.8 Å². The van der Waals surface area contributed by atoms with Crippen molar-refractivity contribution in [3.63, 3.8) is 0 Å². The Balaban J connectivity index is 1.46. The van der Waals surface area contributed by atoms with E-state index in [0.29, 0.717) is 22.1 Å². The molecule has 4 aromatic rings. The number of hydrogen-bond donors (Lipinski definition) is 4. The summed E-state index contributed by atoms with van der Waals surface area (Å²) < 4.78 is 0. The average Bonchev–Trinajstić information content (AvgIpc) is 3.01. The maximum atomic E-state index is 13.6. The van der Waals surface area contributed by atoms with Crippen molar-refractivity contribution >= 4 is 63.6 Å². The molecule has 0 aliphatic carbocycles. The highest BCUT2D eigenvalue weighted by Gasteiger charge is 2.20. The average molecular weight is 611 g/mol. The monoisotopic (exact) mass is 610 g/mol. The minimum absolute atomic E-state index is 0.185. The molecule has 10 nitrogen and oxygen atoms in total. The zero-order valence-electron chi connectivity index (χ0n) is 24.9. The number of likely N-dealkylation sites (N-methyl/N-ethyl adjacent to an activating group) is 1. The zero-order chi connectivity index (χ0) is 31.2. The number of halogens is 1. The number of nitrogens with zero attached hydrogens (tertiary/aromatic N) is 4. The fraction of sp³-hybridized carbons (Fsp3) is 0.212. The topological polar surface area (TPSA) is 115 Å². The number of carbonyl (C=O) groups excluding carboxylic acids is 2. The summed E-state index contributed by atoms with van der Waals surface area (Å²) in [5.41, 5.74) is 5.37. The Kier molecular flexibility index (Phi) is 9.42. The molecular formula is C33H35ClN8O2. The van der Waals surface area contributed by atoms with Gasteiger partial charge >= 0.3 is 0 Å². The molecular weight excluding hydrogens is 576 g/mol. The quantitative estimate of drug-likeness (QED) is 0.162. The number of anilines is 7. The van der Waals surface area contributed by atoms with Gasteiger partial charge in [0.25, 0.3) is 5.91 Å². The first-order chi connectivity index (χ1) is 21.2. The molecule has 0 bridgehead atoms. The van der Waals surface area contributed by atoms with Crippen LogP contribution in [0.2, 0.25) is 5.02 Å². The Morgan fingerprint density at radius 1 is 0.886 bits per heavy atom. The SMILES string of the molecule is C=CC(=O)Nc1cccc(C)c1Nc1nc(Nc2ccc(N3CCN(C)CC3)cc2)ncc1C(=O)Nc1c(C)cccc1Cl. The molecule has 1 aliphatic rings. The van der Waals surface area contributed by atoms with Crippen LogP contribution in [-0.4, -0.2) is 59.9 Å². The summed E-state index contributed by atoms with van der Waals surface area (Å²) in [4.78, 5) is 39.6. The van der Waals surface area contributed by atoms with Crippen LogP contribution < -0.4 is 26.2 Å². The van der Waals surface area contributed by atoms with Crippen LogP contribution in [0.4, 0.5) is 40.2 Å². The van der Waals surface area contributed by atoms with Crippen molar-refractivity contribution in [3.8, 4) is 0 Å². The van der Waals surface area contributed by atoms with E-state index in [9.17, 15) is 9.59 Å². The third kappa shape index (κ3) is 7.16. The minimum Gasteiger partial charge on any atom is -0.369 e. The molecule has 5 rings (SSSR count). The summed E-state index contributed by atoms with van der Waals surface area (Å²) in [6, 6.07) is 19.0. The summed E-state index contributed by atoms with van der Waals surface area (Å²) in [6.07, 6.45) is 2.65. The van der Waals surface area contributed by atoms with E-state index in [-0.39, 0.29) is 23.2 Å². The summed E-state index contributed by atoms with van der Waals surface area (Å²) in [5, 5.41) is 12.6. The number of para-hydroxylation sites is 2. The van der Waals surface area contributed by atoms with E-state index in [4.69, 9.17) is 16.6 Å². The molecule has 0 atom stereocenters. The minimum atomic E-state index is -0.447. The Morgan fingerprint density at radius 3 is 2.25 bits per heavy atom. The van der Waals surface area contributed by atoms with Crippen molar-refractivity contribution in [2.75, 3.05) is 59.4 Å². The predicted octanol–water partition coefficient (Wildman–Crippen LogP) is 6.36. The Hall–Kier alpha value is -4.93. The summed E-state index contributed by atoms with van der Waals surface area (Å²) in [6.45, 7) is 11.3. The van der Waals surface area contributed by atoms with Gasteiger partial charge in [0.2, 0.25) is 11.9 Å². The standard InChI is InChI=1S/C33H35ClN8O2/c1-5-28(43)37-27-11-7-9-22(3)30(27)38-31-25(32(44)39-29-21(2)8-6-10-26(29)34)20-35-33(40-31)36-23-12-14-24(15-13-23)42-18-16-41(4)17-19-42/h5-15,20H,1,16-19H2,2-4H3,(H,37,43)(H,39,44)(H2,35,36,38,40). The molecule has 11 heteroatoms. The fourth-order valence-electron chi connectivity index (χ4n) is 4.86. The van der Waals surface area contributed by atoms with Gasteiger partial charge in [-0.05, 0) is 74.5 Å². The third-order valence-corrected chi connectivity index (χ3v) is 7.76. The highest BCUT2D eigenvalue weighted by atomic mass is 35.5. The van der Waals surface area contributed by atoms with Crippen LogP contribution in [-0.2, 0) is 4.79 Å². The molecule has 0 radical (unpaired) electrons. The van der Waals surface area contributed by atoms with Crippen molar-refractivity contribution in [1.82, 2.24) is 14.9 Å². The normalized spacial score (nSPS) is 13.2. The van der Waals surface area contributed by atoms with E-state index in [1.54, 1.807) is 12.1 Å². The van der Waals surface area contributed by atoms with Gasteiger partial charge in [0.15, 0.2) is 0 Å². The van der Waals surface area contributed by atoms with Gasteiger partial charge in [-0.25, -0.2) is 4.98 Å². The first kappa shape index (κ1) is 30.5. The highest BCUT2D eigenvalue weighted by molar-refractivity contribution is 6.34. The van der Waals surface area contributed by atoms with Crippen LogP contribution in [0.3, 0.4) is 0 Å². The van der Waals surface area contributed by atoms with E-state index >= 15 is 0 Å². The van der Waals surface area contributed by atoms with Gasteiger partial charge < -0.3 is 31.1 Å². The molecule has 1 aromatic heterocycles. The molecule has 1 saturated heterocycles. The Morgan fingerprint density at radius 2 is 1.57 bits per heavy atom. The van der Waals surface area contributed by atoms with Crippen LogP contribution in [0.15, 0.2) is 79.5 Å². The Labute approximate surface area is 262 Å². The first-order valence-electron chi connectivity index (χ1n) is 14.3. The molecule has 226 valence electrons. The lowest BCUT2D eigenvalue weighted by Crippen LogP contribution is -2.44. The molecule has 0 saturated carbocycles. The van der Waals surface area contributed by atoms with Gasteiger partial charge in [-0.3, -0.25) is 9.59 Å². The van der Waals surface area contributed by atoms with E-state index < -0.39 is 5.91 Å². The molecule has 4 N–H and O–H groups in total. The van der Waals surface area contributed by atoms with Gasteiger partial charge in [-0.1, -0.05) is 42.4 Å². The lowest BCUT2D eigenvalue weighted by atomic mass is 10.1. The van der Waals surface area contributed by atoms with Crippen molar-refractivity contribution in [3.05, 3.63) is 101 Å². The summed E-state index contributed by atoms with van der Waals surface area (Å²) in [7, 11) is 2.14. The van der Waals surface area contributed by atoms with Crippen LogP contribution >= 0.6 is 11.6 Å². The van der Waals surface area contributed by atoms with Crippen molar-refractivity contribution < 1.29 is 9.59 Å². The number of nitrogens with one attached hydrogen (secondary N) is 4. The molecule has 2 heterocycles. The number of rotatable bonds is 9. The molecule has 1 fully saturated rings. The lowest BCUT2D eigenvalue weighted by Gasteiger charge is -2.34. The number of amides is 2. The Bertz CT molecular complexity index is 1660. The second-order valence-electron chi connectivity index (χ2n) is 10.6. The number of hydrogen-bond acceptors (Lipinski definition) is 8. The van der Waals surface area contributed by atoms with Crippen molar-refractivity contribution in [2.45, 2.75) is 13.8 Å². The number of carbonyl (C=O) groups is 2. The largest absolute Gasteiger partial charge is 0.369 e. The van der Waals surface area contributed by atoms with Gasteiger partial charge in [0.1, 0.15) is 11.4 Å². The smallest absolute Gasteiger partial charge is 0.261 e. The molecule has 44 heavy (non-hydrogen) atoms. The van der Waals surface area contributed by atoms with Crippen LogP contribution in [0.25, 0.3) is 0 Å². The van der Waals surface area contributed by atoms with Crippen molar-refractivity contribution in [1.29, 1.82) is 0 Å². The van der Waals surface area contributed by atoms with Gasteiger partial charge in [-0.2, -0.15) is 4.98 Å².